The summed E-state index contributed by atoms with van der Waals surface area (Å²) < 4.78 is 32.0. The van der Waals surface area contributed by atoms with Crippen LogP contribution in [0.2, 0.25) is 0 Å². The van der Waals surface area contributed by atoms with E-state index in [0.29, 0.717) is 25.3 Å². The van der Waals surface area contributed by atoms with Gasteiger partial charge in [-0.05, 0) is 6.42 Å². The van der Waals surface area contributed by atoms with E-state index >= 15 is 8.78 Å². The Balaban J connectivity index is 2.16. The van der Waals surface area contributed by atoms with Crippen molar-refractivity contribution in [2.24, 2.45) is 11.6 Å². The van der Waals surface area contributed by atoms with Crippen LogP contribution in [0.15, 0.2) is 9.82 Å². The van der Waals surface area contributed by atoms with Gasteiger partial charge in [-0.3, -0.25) is 10.6 Å². The molecule has 1 aromatic carbocycles. The Morgan fingerprint density at radius 2 is 2.04 bits per heavy atom. The highest BCUT2D eigenvalue weighted by Gasteiger charge is 2.34. The number of nitrogens with two attached hydrogens (primary N) is 2. The maximum Gasteiger partial charge on any atom is 0.342 e. The number of aryl methyl sites for hydroxylation is 1. The number of halogens is 2. The summed E-state index contributed by atoms with van der Waals surface area (Å²) in [7, 11) is 0. The number of aromatic carboxylic acids is 1. The van der Waals surface area contributed by atoms with E-state index in [0.717, 1.165) is 11.8 Å². The minimum Gasteiger partial charge on any atom is -0.477 e. The molecule has 1 saturated heterocycles. The number of pyridine rings is 1. The van der Waals surface area contributed by atoms with Gasteiger partial charge in [0, 0.05) is 31.4 Å². The molecular weight excluding hydrogens is 380 g/mol. The number of thioether (sulfide) groups is 1. The second kappa shape index (κ2) is 6.36. The summed E-state index contributed by atoms with van der Waals surface area (Å²) in [5.74, 6) is 2.54. The van der Waals surface area contributed by atoms with Gasteiger partial charge in [-0.15, -0.1) is 11.8 Å². The summed E-state index contributed by atoms with van der Waals surface area (Å²) in [6.45, 7) is 0.925. The van der Waals surface area contributed by atoms with Gasteiger partial charge < -0.3 is 25.7 Å². The van der Waals surface area contributed by atoms with Crippen molar-refractivity contribution in [3.8, 4) is 0 Å². The lowest BCUT2D eigenvalue weighted by Gasteiger charge is -2.24. The predicted octanol–water partition coefficient (Wildman–Crippen LogP) is 0.907. The lowest BCUT2D eigenvalue weighted by Crippen LogP contribution is -2.29. The molecular formula is C16H17F2N5O3S. The third-order valence-corrected chi connectivity index (χ3v) is 6.05. The van der Waals surface area contributed by atoms with Crippen molar-refractivity contribution < 1.29 is 18.7 Å². The van der Waals surface area contributed by atoms with E-state index in [4.69, 9.17) is 11.6 Å². The minimum atomic E-state index is -1.45. The normalized spacial score (nSPS) is 19.0. The predicted molar refractivity (Wildman–Crippen MR) is 98.4 cm³/mol. The summed E-state index contributed by atoms with van der Waals surface area (Å²) in [4.78, 5) is 25.9. The molecule has 0 aliphatic carbocycles. The summed E-state index contributed by atoms with van der Waals surface area (Å²) in [5.41, 5.74) is 5.65. The van der Waals surface area contributed by atoms with Crippen molar-refractivity contribution in [2.45, 2.75) is 24.0 Å². The minimum absolute atomic E-state index is 0.144. The van der Waals surface area contributed by atoms with Crippen molar-refractivity contribution >= 4 is 40.0 Å². The number of rotatable bonds is 3. The highest BCUT2D eigenvalue weighted by molar-refractivity contribution is 7.99. The molecule has 1 fully saturated rings. The van der Waals surface area contributed by atoms with Crippen LogP contribution in [0.5, 0.6) is 0 Å². The maximum atomic E-state index is 15.5. The molecule has 4 rings (SSSR count). The van der Waals surface area contributed by atoms with E-state index < -0.39 is 39.7 Å². The number of hydrogen-bond donors (Lipinski definition) is 4. The molecule has 27 heavy (non-hydrogen) atoms. The van der Waals surface area contributed by atoms with E-state index in [1.54, 1.807) is 0 Å². The van der Waals surface area contributed by atoms with Gasteiger partial charge in [0.2, 0.25) is 5.43 Å². The fourth-order valence-electron chi connectivity index (χ4n) is 3.79. The zero-order valence-electron chi connectivity index (χ0n) is 14.1. The lowest BCUT2D eigenvalue weighted by molar-refractivity contribution is 0.0690. The van der Waals surface area contributed by atoms with Crippen LogP contribution in [-0.2, 0) is 6.54 Å². The Bertz CT molecular complexity index is 1040. The molecule has 2 aromatic rings. The van der Waals surface area contributed by atoms with E-state index in [9.17, 15) is 14.7 Å². The number of carboxylic acids is 1. The summed E-state index contributed by atoms with van der Waals surface area (Å²) in [6.07, 6.45) is 0.578. The van der Waals surface area contributed by atoms with Crippen molar-refractivity contribution in [3.63, 3.8) is 0 Å². The van der Waals surface area contributed by atoms with Crippen molar-refractivity contribution in [2.75, 3.05) is 29.2 Å². The average molecular weight is 397 g/mol. The Labute approximate surface area is 156 Å². The van der Waals surface area contributed by atoms with Crippen LogP contribution in [0.4, 0.5) is 20.2 Å². The third kappa shape index (κ3) is 2.49. The zero-order valence-corrected chi connectivity index (χ0v) is 14.9. The number of anilines is 2. The number of aromatic nitrogens is 1. The number of hydrazine groups is 1. The second-order valence-corrected chi connectivity index (χ2v) is 7.61. The van der Waals surface area contributed by atoms with E-state index in [1.807, 2.05) is 0 Å². The van der Waals surface area contributed by atoms with Crippen LogP contribution in [-0.4, -0.2) is 40.5 Å². The molecule has 2 aliphatic heterocycles. The summed E-state index contributed by atoms with van der Waals surface area (Å²) in [5, 5.41) is 9.22. The fourth-order valence-corrected chi connectivity index (χ4v) is 4.92. The first-order valence-electron chi connectivity index (χ1n) is 8.31. The van der Waals surface area contributed by atoms with Gasteiger partial charge in [0.05, 0.1) is 15.9 Å². The summed E-state index contributed by atoms with van der Waals surface area (Å²) >= 11 is 1.15. The molecule has 1 unspecified atom stereocenters. The number of hydrogen-bond acceptors (Lipinski definition) is 7. The molecule has 1 aromatic heterocycles. The average Bonchev–Trinajstić information content (AvgIpc) is 3.24. The first-order valence-corrected chi connectivity index (χ1v) is 9.30. The molecule has 1 atom stereocenters. The number of carboxylic acid groups (broad SMARTS) is 1. The van der Waals surface area contributed by atoms with Crippen molar-refractivity contribution in [3.05, 3.63) is 27.4 Å². The quantitative estimate of drug-likeness (QED) is 0.445. The van der Waals surface area contributed by atoms with E-state index in [1.165, 1.54) is 9.47 Å². The van der Waals surface area contributed by atoms with Gasteiger partial charge >= 0.3 is 5.97 Å². The smallest absolute Gasteiger partial charge is 0.342 e. The molecule has 8 nitrogen and oxygen atoms in total. The maximum absolute atomic E-state index is 15.5. The number of benzene rings is 1. The van der Waals surface area contributed by atoms with Crippen LogP contribution < -0.4 is 27.3 Å². The van der Waals surface area contributed by atoms with Crippen molar-refractivity contribution in [1.29, 1.82) is 0 Å². The molecule has 0 bridgehead atoms. The highest BCUT2D eigenvalue weighted by atomic mass is 32.2. The number of nitrogens with zero attached hydrogens (tertiary/aromatic N) is 2. The van der Waals surface area contributed by atoms with Crippen LogP contribution >= 0.6 is 11.8 Å². The van der Waals surface area contributed by atoms with E-state index in [-0.39, 0.29) is 28.8 Å². The number of fused-ring (bicyclic) bond motifs is 3. The summed E-state index contributed by atoms with van der Waals surface area (Å²) in [6, 6.07) is -0.216. The largest absolute Gasteiger partial charge is 0.477 e. The monoisotopic (exact) mass is 397 g/mol. The Hall–Kier alpha value is -2.37. The molecule has 144 valence electrons. The first-order chi connectivity index (χ1) is 12.9. The third-order valence-electron chi connectivity index (χ3n) is 4.97. The molecule has 0 saturated carbocycles. The van der Waals surface area contributed by atoms with Gasteiger partial charge in [0.25, 0.3) is 0 Å². The van der Waals surface area contributed by atoms with Gasteiger partial charge in [0.1, 0.15) is 16.9 Å². The molecule has 2 aliphatic rings. The Morgan fingerprint density at radius 3 is 2.63 bits per heavy atom. The highest BCUT2D eigenvalue weighted by Crippen LogP contribution is 2.40. The Morgan fingerprint density at radius 1 is 1.30 bits per heavy atom. The fraction of sp³-hybridized carbons (Fsp3) is 0.375. The second-order valence-electron chi connectivity index (χ2n) is 6.53. The van der Waals surface area contributed by atoms with Gasteiger partial charge in [0.15, 0.2) is 11.6 Å². The zero-order chi connectivity index (χ0) is 19.5. The van der Waals surface area contributed by atoms with Gasteiger partial charge in [-0.1, -0.05) is 0 Å². The Kier molecular flexibility index (Phi) is 4.24. The number of carbonyl (C=O) groups is 1. The van der Waals surface area contributed by atoms with E-state index in [2.05, 4.69) is 5.43 Å². The number of nitrogens with one attached hydrogen (secondary N) is 1. The van der Waals surface area contributed by atoms with Crippen molar-refractivity contribution in [1.82, 2.24) is 4.57 Å². The molecule has 0 spiro atoms. The molecule has 0 radical (unpaired) electrons. The molecule has 3 heterocycles. The van der Waals surface area contributed by atoms with Crippen LogP contribution in [0.1, 0.15) is 16.8 Å². The van der Waals surface area contributed by atoms with Crippen LogP contribution in [0, 0.1) is 11.6 Å². The lowest BCUT2D eigenvalue weighted by atomic mass is 10.1. The standard InChI is InChI=1S/C16H17F2N5O3S/c17-9-11(21-20)7-12(10(18)13(9)22-2-1-6(19)5-22)23-3-4-27-15(23)8(14(7)24)16(25)26/h6,21H,1-5,19-20H2,(H,25,26). The topological polar surface area (TPSA) is 127 Å². The first kappa shape index (κ1) is 18.0. The molecule has 0 amide bonds. The molecule has 6 N–H and O–H groups in total. The van der Waals surface area contributed by atoms with Gasteiger partial charge in [-0.25, -0.2) is 13.6 Å². The SMILES string of the molecule is NNc1c(F)c(N2CCC(N)C2)c(F)c2c1c(=O)c(C(=O)O)c1n2CCS1. The van der Waals surface area contributed by atoms with Crippen LogP contribution in [0.25, 0.3) is 10.9 Å². The molecule has 11 heteroatoms. The van der Waals surface area contributed by atoms with Gasteiger partial charge in [-0.2, -0.15) is 0 Å². The van der Waals surface area contributed by atoms with Crippen LogP contribution in [0.3, 0.4) is 0 Å². The number of nitrogen functional groups attached to an aromatic ring is 1.